The molecule has 25 heavy (non-hydrogen) atoms. The van der Waals surface area contributed by atoms with E-state index in [0.717, 1.165) is 37.6 Å². The minimum absolute atomic E-state index is 0. The maximum absolute atomic E-state index is 12.1. The number of halogens is 2. The van der Waals surface area contributed by atoms with Crippen molar-refractivity contribution in [1.82, 2.24) is 15.6 Å². The Balaban J connectivity index is 0.00000156. The number of aromatic nitrogens is 1. The Morgan fingerprint density at radius 2 is 1.92 bits per heavy atom. The molecular formula is C18H30Cl2N4O. The van der Waals surface area contributed by atoms with E-state index in [1.54, 1.807) is 0 Å². The Morgan fingerprint density at radius 1 is 1.24 bits per heavy atom. The molecule has 2 aliphatic heterocycles. The number of nitrogens with one attached hydrogen (secondary N) is 2. The first-order valence-corrected chi connectivity index (χ1v) is 8.92. The fraction of sp³-hybridized carbons (Fsp3) is 0.667. The normalized spacial score (nSPS) is 18.8. The molecule has 7 heteroatoms. The molecule has 1 aromatic rings. The van der Waals surface area contributed by atoms with Gasteiger partial charge in [0.2, 0.25) is 5.91 Å². The van der Waals surface area contributed by atoms with Crippen molar-refractivity contribution >= 4 is 36.5 Å². The van der Waals surface area contributed by atoms with Gasteiger partial charge in [-0.1, -0.05) is 25.8 Å². The molecule has 3 heterocycles. The van der Waals surface area contributed by atoms with Gasteiger partial charge in [0.15, 0.2) is 0 Å². The Kier molecular flexibility index (Phi) is 9.54. The number of carbonyl (C=O) groups is 1. The van der Waals surface area contributed by atoms with Crippen LogP contribution in [0.15, 0.2) is 18.3 Å². The van der Waals surface area contributed by atoms with Gasteiger partial charge in [-0.05, 0) is 43.5 Å². The van der Waals surface area contributed by atoms with Crippen LogP contribution < -0.4 is 15.5 Å². The van der Waals surface area contributed by atoms with E-state index in [1.165, 1.54) is 25.7 Å². The first-order valence-electron chi connectivity index (χ1n) is 8.92. The molecule has 5 nitrogen and oxygen atoms in total. The summed E-state index contributed by atoms with van der Waals surface area (Å²) < 4.78 is 0. The molecule has 0 saturated carbocycles. The molecule has 1 aromatic heterocycles. The topological polar surface area (TPSA) is 57.3 Å². The minimum atomic E-state index is 0. The summed E-state index contributed by atoms with van der Waals surface area (Å²) >= 11 is 0. The van der Waals surface area contributed by atoms with Crippen molar-refractivity contribution in [2.45, 2.75) is 39.2 Å². The lowest BCUT2D eigenvalue weighted by Crippen LogP contribution is -2.49. The van der Waals surface area contributed by atoms with Gasteiger partial charge < -0.3 is 15.5 Å². The molecule has 142 valence electrons. The quantitative estimate of drug-likeness (QED) is 0.813. The zero-order chi connectivity index (χ0) is 16.1. The molecule has 0 aromatic carbocycles. The van der Waals surface area contributed by atoms with Crippen molar-refractivity contribution in [3.63, 3.8) is 0 Å². The lowest BCUT2D eigenvalue weighted by atomic mass is 9.88. The van der Waals surface area contributed by atoms with E-state index in [1.807, 2.05) is 13.1 Å². The van der Waals surface area contributed by atoms with Crippen molar-refractivity contribution in [2.75, 3.05) is 31.1 Å². The second-order valence-corrected chi connectivity index (χ2v) is 6.85. The second kappa shape index (κ2) is 10.8. The van der Waals surface area contributed by atoms with E-state index in [9.17, 15) is 4.79 Å². The lowest BCUT2D eigenvalue weighted by molar-refractivity contribution is -0.126. The number of nitrogens with zero attached hydrogens (tertiary/aromatic N) is 2. The van der Waals surface area contributed by atoms with Gasteiger partial charge in [-0.2, -0.15) is 0 Å². The van der Waals surface area contributed by atoms with Crippen LogP contribution in [0.25, 0.3) is 0 Å². The Bertz CT molecular complexity index is 514. The molecule has 3 rings (SSSR count). The van der Waals surface area contributed by atoms with Gasteiger partial charge in [-0.3, -0.25) is 4.79 Å². The van der Waals surface area contributed by atoms with Crippen molar-refractivity contribution in [2.24, 2.45) is 11.8 Å². The van der Waals surface area contributed by atoms with Crippen LogP contribution >= 0.6 is 24.8 Å². The number of amides is 1. The van der Waals surface area contributed by atoms with Crippen molar-refractivity contribution < 1.29 is 4.79 Å². The summed E-state index contributed by atoms with van der Waals surface area (Å²) in [6.07, 6.45) is 7.07. The highest BCUT2D eigenvalue weighted by molar-refractivity contribution is 5.85. The molecule has 0 spiro atoms. The zero-order valence-corrected chi connectivity index (χ0v) is 16.5. The van der Waals surface area contributed by atoms with Gasteiger partial charge in [0, 0.05) is 31.7 Å². The zero-order valence-electron chi connectivity index (χ0n) is 14.9. The number of anilines is 1. The summed E-state index contributed by atoms with van der Waals surface area (Å²) in [7, 11) is 0. The molecule has 0 aliphatic carbocycles. The van der Waals surface area contributed by atoms with Crippen LogP contribution in [-0.2, 0) is 11.3 Å². The average molecular weight is 389 g/mol. The second-order valence-electron chi connectivity index (χ2n) is 6.85. The number of carbonyl (C=O) groups excluding carboxylic acids is 1. The Hall–Kier alpha value is -1.04. The molecule has 2 N–H and O–H groups in total. The highest BCUT2D eigenvalue weighted by Crippen LogP contribution is 2.18. The van der Waals surface area contributed by atoms with Gasteiger partial charge in [0.1, 0.15) is 5.82 Å². The largest absolute Gasteiger partial charge is 0.357 e. The van der Waals surface area contributed by atoms with Gasteiger partial charge in [0.25, 0.3) is 0 Å². The third-order valence-corrected chi connectivity index (χ3v) is 5.14. The molecule has 1 atom stereocenters. The van der Waals surface area contributed by atoms with Crippen molar-refractivity contribution in [3.05, 3.63) is 23.9 Å². The summed E-state index contributed by atoms with van der Waals surface area (Å²) in [5.41, 5.74) is 1.07. The van der Waals surface area contributed by atoms with Crippen LogP contribution in [0.1, 0.15) is 38.2 Å². The SMILES string of the molecule is CC(C(=O)NCc1ccc(N2CCCCCC2)nc1)C1CNC1.Cl.Cl. The minimum Gasteiger partial charge on any atom is -0.357 e. The van der Waals surface area contributed by atoms with E-state index >= 15 is 0 Å². The lowest BCUT2D eigenvalue weighted by Gasteiger charge is -2.31. The maximum Gasteiger partial charge on any atom is 0.223 e. The third kappa shape index (κ3) is 6.01. The first kappa shape index (κ1) is 22.0. The number of hydrogen-bond donors (Lipinski definition) is 2. The highest BCUT2D eigenvalue weighted by atomic mass is 35.5. The Morgan fingerprint density at radius 3 is 2.44 bits per heavy atom. The monoisotopic (exact) mass is 388 g/mol. The summed E-state index contributed by atoms with van der Waals surface area (Å²) in [5.74, 6) is 1.78. The fourth-order valence-electron chi connectivity index (χ4n) is 3.24. The van der Waals surface area contributed by atoms with Gasteiger partial charge in [-0.25, -0.2) is 4.98 Å². The standard InChI is InChI=1S/C18H28N4O.2ClH/c1-14(16-12-19-13-16)18(23)21-11-15-6-7-17(20-10-15)22-8-4-2-3-5-9-22;;/h6-7,10,14,16,19H,2-5,8-9,11-13H2,1H3,(H,21,23);2*1H. The van der Waals surface area contributed by atoms with Crippen LogP contribution in [0.2, 0.25) is 0 Å². The number of rotatable bonds is 5. The summed E-state index contributed by atoms with van der Waals surface area (Å²) in [4.78, 5) is 19.1. The highest BCUT2D eigenvalue weighted by Gasteiger charge is 2.28. The smallest absolute Gasteiger partial charge is 0.223 e. The predicted molar refractivity (Wildman–Crippen MR) is 107 cm³/mol. The van der Waals surface area contributed by atoms with Crippen LogP contribution in [0.3, 0.4) is 0 Å². The molecular weight excluding hydrogens is 359 g/mol. The number of pyridine rings is 1. The molecule has 0 radical (unpaired) electrons. The van der Waals surface area contributed by atoms with E-state index in [-0.39, 0.29) is 36.6 Å². The molecule has 1 amide bonds. The summed E-state index contributed by atoms with van der Waals surface area (Å²) in [6, 6.07) is 4.18. The maximum atomic E-state index is 12.1. The predicted octanol–water partition coefficient (Wildman–Crippen LogP) is 2.78. The van der Waals surface area contributed by atoms with Gasteiger partial charge >= 0.3 is 0 Å². The van der Waals surface area contributed by atoms with Crippen LogP contribution in [0.4, 0.5) is 5.82 Å². The average Bonchev–Trinajstić information content (AvgIpc) is 2.80. The molecule has 1 unspecified atom stereocenters. The van der Waals surface area contributed by atoms with Crippen LogP contribution in [0.5, 0.6) is 0 Å². The van der Waals surface area contributed by atoms with E-state index in [0.29, 0.717) is 12.5 Å². The third-order valence-electron chi connectivity index (χ3n) is 5.14. The van der Waals surface area contributed by atoms with E-state index in [4.69, 9.17) is 0 Å². The van der Waals surface area contributed by atoms with Gasteiger partial charge in [0.05, 0.1) is 0 Å². The first-order chi connectivity index (χ1) is 11.2. The summed E-state index contributed by atoms with van der Waals surface area (Å²) in [5, 5.41) is 6.25. The van der Waals surface area contributed by atoms with E-state index < -0.39 is 0 Å². The molecule has 0 bridgehead atoms. The molecule has 2 aliphatic rings. The summed E-state index contributed by atoms with van der Waals surface area (Å²) in [6.45, 7) is 6.71. The molecule has 2 fully saturated rings. The van der Waals surface area contributed by atoms with Crippen molar-refractivity contribution in [1.29, 1.82) is 0 Å². The fourth-order valence-corrected chi connectivity index (χ4v) is 3.24. The molecule has 2 saturated heterocycles. The van der Waals surface area contributed by atoms with E-state index in [2.05, 4.69) is 32.7 Å². The Labute approximate surface area is 163 Å². The number of hydrogen-bond acceptors (Lipinski definition) is 4. The van der Waals surface area contributed by atoms with Crippen LogP contribution in [0, 0.1) is 11.8 Å². The van der Waals surface area contributed by atoms with Gasteiger partial charge in [-0.15, -0.1) is 24.8 Å². The van der Waals surface area contributed by atoms with Crippen LogP contribution in [-0.4, -0.2) is 37.1 Å². The van der Waals surface area contributed by atoms with Crippen molar-refractivity contribution in [3.8, 4) is 0 Å².